The van der Waals surface area contributed by atoms with E-state index in [1.54, 1.807) is 6.21 Å². The molecule has 0 aliphatic heterocycles. The van der Waals surface area contributed by atoms with Gasteiger partial charge in [-0.15, -0.1) is 0 Å². The molecule has 0 atom stereocenters. The Bertz CT molecular complexity index is 586. The summed E-state index contributed by atoms with van der Waals surface area (Å²) in [5, 5.41) is 12.1. The van der Waals surface area contributed by atoms with Gasteiger partial charge in [0.25, 0.3) is 0 Å². The van der Waals surface area contributed by atoms with Crippen LogP contribution in [0.3, 0.4) is 0 Å². The van der Waals surface area contributed by atoms with Crippen molar-refractivity contribution in [3.8, 4) is 0 Å². The molecule has 0 saturated carbocycles. The van der Waals surface area contributed by atoms with E-state index in [-0.39, 0.29) is 0 Å². The molecule has 3 nitrogen and oxygen atoms in total. The average molecular weight is 254 g/mol. The SMILES string of the molecule is Cc1ccccc1/[N+]([O-])=C/c1ccc(N(C)C)cc1. The van der Waals surface area contributed by atoms with Gasteiger partial charge in [-0.05, 0) is 31.2 Å². The Kier molecular flexibility index (Phi) is 3.85. The van der Waals surface area contributed by atoms with Gasteiger partial charge in [0.05, 0.1) is 0 Å². The van der Waals surface area contributed by atoms with E-state index in [9.17, 15) is 5.21 Å². The monoisotopic (exact) mass is 254 g/mol. The first kappa shape index (κ1) is 13.1. The van der Waals surface area contributed by atoms with Crippen LogP contribution in [0.15, 0.2) is 48.5 Å². The van der Waals surface area contributed by atoms with Crippen LogP contribution in [0.4, 0.5) is 11.4 Å². The Labute approximate surface area is 114 Å². The number of para-hydroxylation sites is 1. The van der Waals surface area contributed by atoms with Gasteiger partial charge in [-0.2, -0.15) is 4.74 Å². The van der Waals surface area contributed by atoms with Crippen molar-refractivity contribution in [2.24, 2.45) is 0 Å². The standard InChI is InChI=1S/C16H18N2O/c1-13-6-4-5-7-16(13)18(19)12-14-8-10-15(11-9-14)17(2)3/h4-12H,1-3H3/b18-12-. The normalized spacial score (nSPS) is 11.4. The minimum Gasteiger partial charge on any atom is -0.618 e. The first-order valence-corrected chi connectivity index (χ1v) is 6.22. The molecule has 0 N–H and O–H groups in total. The minimum absolute atomic E-state index is 0.680. The molecule has 0 aromatic heterocycles. The van der Waals surface area contributed by atoms with Crippen LogP contribution in [0.2, 0.25) is 0 Å². The number of hydrogen-bond donors (Lipinski definition) is 0. The molecule has 2 rings (SSSR count). The van der Waals surface area contributed by atoms with Crippen molar-refractivity contribution in [1.29, 1.82) is 0 Å². The maximum Gasteiger partial charge on any atom is 0.219 e. The smallest absolute Gasteiger partial charge is 0.219 e. The van der Waals surface area contributed by atoms with Crippen LogP contribution in [0.5, 0.6) is 0 Å². The van der Waals surface area contributed by atoms with E-state index in [1.807, 2.05) is 74.4 Å². The van der Waals surface area contributed by atoms with E-state index in [0.717, 1.165) is 21.6 Å². The predicted molar refractivity (Wildman–Crippen MR) is 80.4 cm³/mol. The van der Waals surface area contributed by atoms with Gasteiger partial charge in [0.1, 0.15) is 0 Å². The highest BCUT2D eigenvalue weighted by Crippen LogP contribution is 2.17. The van der Waals surface area contributed by atoms with Crippen LogP contribution in [0, 0.1) is 12.1 Å². The van der Waals surface area contributed by atoms with Crippen molar-refractivity contribution in [2.45, 2.75) is 6.92 Å². The molecule has 0 unspecified atom stereocenters. The molecule has 0 heterocycles. The van der Waals surface area contributed by atoms with E-state index < -0.39 is 0 Å². The number of hydrogen-bond acceptors (Lipinski definition) is 2. The van der Waals surface area contributed by atoms with Crippen molar-refractivity contribution in [3.05, 3.63) is 64.9 Å². The molecule has 0 saturated heterocycles. The van der Waals surface area contributed by atoms with Crippen molar-refractivity contribution in [2.75, 3.05) is 19.0 Å². The average Bonchev–Trinajstić information content (AvgIpc) is 2.39. The summed E-state index contributed by atoms with van der Waals surface area (Å²) in [4.78, 5) is 2.03. The van der Waals surface area contributed by atoms with Crippen molar-refractivity contribution < 1.29 is 4.74 Å². The first-order chi connectivity index (χ1) is 9.08. The third-order valence-corrected chi connectivity index (χ3v) is 3.03. The maximum absolute atomic E-state index is 12.1. The lowest BCUT2D eigenvalue weighted by Crippen LogP contribution is -2.08. The molecule has 2 aromatic carbocycles. The van der Waals surface area contributed by atoms with Crippen molar-refractivity contribution in [3.63, 3.8) is 0 Å². The van der Waals surface area contributed by atoms with E-state index in [4.69, 9.17) is 0 Å². The summed E-state index contributed by atoms with van der Waals surface area (Å²) in [5.74, 6) is 0. The van der Waals surface area contributed by atoms with Gasteiger partial charge < -0.3 is 10.1 Å². The van der Waals surface area contributed by atoms with Gasteiger partial charge in [0.15, 0.2) is 6.21 Å². The quantitative estimate of drug-likeness (QED) is 0.364. The van der Waals surface area contributed by atoms with Gasteiger partial charge in [-0.1, -0.05) is 18.2 Å². The Morgan fingerprint density at radius 1 is 1.00 bits per heavy atom. The first-order valence-electron chi connectivity index (χ1n) is 6.22. The lowest BCUT2D eigenvalue weighted by Gasteiger charge is -2.11. The predicted octanol–water partition coefficient (Wildman–Crippen LogP) is 3.32. The third kappa shape index (κ3) is 3.13. The topological polar surface area (TPSA) is 29.3 Å². The van der Waals surface area contributed by atoms with Gasteiger partial charge in [-0.25, -0.2) is 0 Å². The summed E-state index contributed by atoms with van der Waals surface area (Å²) >= 11 is 0. The molecule has 2 aromatic rings. The molecule has 0 bridgehead atoms. The summed E-state index contributed by atoms with van der Waals surface area (Å²) in [7, 11) is 3.98. The second-order valence-electron chi connectivity index (χ2n) is 4.73. The second kappa shape index (κ2) is 5.57. The van der Waals surface area contributed by atoms with E-state index in [1.165, 1.54) is 0 Å². The highest BCUT2D eigenvalue weighted by atomic mass is 16.5. The third-order valence-electron chi connectivity index (χ3n) is 3.03. The van der Waals surface area contributed by atoms with E-state index in [0.29, 0.717) is 5.69 Å². The van der Waals surface area contributed by atoms with Gasteiger partial charge in [-0.3, -0.25) is 0 Å². The zero-order chi connectivity index (χ0) is 13.8. The molecule has 19 heavy (non-hydrogen) atoms. The van der Waals surface area contributed by atoms with Gasteiger partial charge in [0.2, 0.25) is 5.69 Å². The molecule has 0 amide bonds. The summed E-state index contributed by atoms with van der Waals surface area (Å²) in [6.07, 6.45) is 1.60. The molecule has 0 fully saturated rings. The fourth-order valence-corrected chi connectivity index (χ4v) is 1.87. The number of aryl methyl sites for hydroxylation is 1. The van der Waals surface area contributed by atoms with Crippen LogP contribution in [0.25, 0.3) is 0 Å². The molecular formula is C16H18N2O. The van der Waals surface area contributed by atoms with Crippen LogP contribution in [-0.4, -0.2) is 25.0 Å². The number of nitrogens with zero attached hydrogens (tertiary/aromatic N) is 2. The maximum atomic E-state index is 12.1. The fourth-order valence-electron chi connectivity index (χ4n) is 1.87. The molecule has 0 spiro atoms. The van der Waals surface area contributed by atoms with Crippen LogP contribution in [-0.2, 0) is 0 Å². The summed E-state index contributed by atoms with van der Waals surface area (Å²) in [6.45, 7) is 1.93. The number of benzene rings is 2. The van der Waals surface area contributed by atoms with Crippen molar-refractivity contribution >= 4 is 17.6 Å². The molecule has 0 aliphatic rings. The van der Waals surface area contributed by atoms with Crippen LogP contribution >= 0.6 is 0 Å². The highest BCUT2D eigenvalue weighted by molar-refractivity contribution is 5.77. The zero-order valence-corrected chi connectivity index (χ0v) is 11.5. The fraction of sp³-hybridized carbons (Fsp3) is 0.188. The molecule has 3 heteroatoms. The Morgan fingerprint density at radius 2 is 1.63 bits per heavy atom. The Hall–Kier alpha value is -2.29. The number of rotatable bonds is 3. The minimum atomic E-state index is 0.680. The van der Waals surface area contributed by atoms with E-state index in [2.05, 4.69) is 0 Å². The molecule has 0 radical (unpaired) electrons. The highest BCUT2D eigenvalue weighted by Gasteiger charge is 2.05. The molecular weight excluding hydrogens is 236 g/mol. The number of anilines is 1. The van der Waals surface area contributed by atoms with Crippen LogP contribution in [0.1, 0.15) is 11.1 Å². The lowest BCUT2D eigenvalue weighted by molar-refractivity contribution is -0.355. The van der Waals surface area contributed by atoms with E-state index >= 15 is 0 Å². The van der Waals surface area contributed by atoms with Gasteiger partial charge in [0, 0.05) is 37.0 Å². The zero-order valence-electron chi connectivity index (χ0n) is 11.5. The van der Waals surface area contributed by atoms with Crippen molar-refractivity contribution in [1.82, 2.24) is 0 Å². The molecule has 0 aliphatic carbocycles. The summed E-state index contributed by atoms with van der Waals surface area (Å²) in [6, 6.07) is 15.4. The van der Waals surface area contributed by atoms with Gasteiger partial charge >= 0.3 is 0 Å². The largest absolute Gasteiger partial charge is 0.618 e. The summed E-state index contributed by atoms with van der Waals surface area (Å²) in [5.41, 5.74) is 3.66. The Balaban J connectivity index is 2.28. The Morgan fingerprint density at radius 3 is 2.21 bits per heavy atom. The van der Waals surface area contributed by atoms with Crippen LogP contribution < -0.4 is 4.90 Å². The second-order valence-corrected chi connectivity index (χ2v) is 4.73. The molecule has 98 valence electrons. The summed E-state index contributed by atoms with van der Waals surface area (Å²) < 4.78 is 0.917. The lowest BCUT2D eigenvalue weighted by atomic mass is 10.2.